The maximum Gasteiger partial charge on any atom is 0.253 e. The summed E-state index contributed by atoms with van der Waals surface area (Å²) >= 11 is 0. The van der Waals surface area contributed by atoms with Crippen molar-refractivity contribution in [2.24, 2.45) is 0 Å². The summed E-state index contributed by atoms with van der Waals surface area (Å²) in [7, 11) is -3.62. The molecule has 1 amide bonds. The zero-order valence-electron chi connectivity index (χ0n) is 18.5. The van der Waals surface area contributed by atoms with Crippen LogP contribution in [0.3, 0.4) is 0 Å². The van der Waals surface area contributed by atoms with Gasteiger partial charge in [-0.05, 0) is 54.3 Å². The maximum absolute atomic E-state index is 13.2. The lowest BCUT2D eigenvalue weighted by atomic mass is 10.0. The summed E-state index contributed by atoms with van der Waals surface area (Å²) in [6.07, 6.45) is 0. The molecule has 0 aromatic heterocycles. The van der Waals surface area contributed by atoms with Crippen LogP contribution < -0.4 is 0 Å². The number of rotatable bonds is 3. The molecule has 1 saturated heterocycles. The molecule has 0 N–H and O–H groups in total. The van der Waals surface area contributed by atoms with Gasteiger partial charge in [-0.25, -0.2) is 8.42 Å². The lowest BCUT2D eigenvalue weighted by molar-refractivity contribution is 0.0698. The van der Waals surface area contributed by atoms with Gasteiger partial charge < -0.3 is 4.90 Å². The molecule has 0 bridgehead atoms. The van der Waals surface area contributed by atoms with E-state index in [-0.39, 0.29) is 24.8 Å². The molecule has 5 rings (SSSR count). The summed E-state index contributed by atoms with van der Waals surface area (Å²) < 4.78 is 27.8. The second-order valence-corrected chi connectivity index (χ2v) is 10.5. The lowest BCUT2D eigenvalue weighted by Crippen LogP contribution is -2.50. The minimum absolute atomic E-state index is 0.0697. The number of sulfonamides is 1. The SMILES string of the molecule is Cc1ccc(C)c(S(=O)(=O)N2CCN(C(=O)c3ccc4c(c3)C(=O)c3ccccc3-4)CC2)c1. The van der Waals surface area contributed by atoms with Gasteiger partial charge in [-0.3, -0.25) is 9.59 Å². The normalized spacial score (nSPS) is 15.9. The number of piperazine rings is 1. The maximum atomic E-state index is 13.2. The Kier molecular flexibility index (Phi) is 5.18. The van der Waals surface area contributed by atoms with E-state index in [1.807, 2.05) is 43.3 Å². The number of hydrogen-bond acceptors (Lipinski definition) is 4. The molecule has 1 aliphatic heterocycles. The second kappa shape index (κ2) is 7.93. The summed E-state index contributed by atoms with van der Waals surface area (Å²) in [4.78, 5) is 27.9. The van der Waals surface area contributed by atoms with Crippen LogP contribution in [0, 0.1) is 13.8 Å². The second-order valence-electron chi connectivity index (χ2n) is 8.60. The first-order valence-electron chi connectivity index (χ1n) is 10.9. The lowest BCUT2D eigenvalue weighted by Gasteiger charge is -2.34. The van der Waals surface area contributed by atoms with E-state index in [0.29, 0.717) is 40.2 Å². The molecular weight excluding hydrogens is 436 g/mol. The molecule has 6 nitrogen and oxygen atoms in total. The van der Waals surface area contributed by atoms with Crippen molar-refractivity contribution in [1.29, 1.82) is 0 Å². The third-order valence-corrected chi connectivity index (χ3v) is 8.50. The third-order valence-electron chi connectivity index (χ3n) is 6.46. The van der Waals surface area contributed by atoms with Crippen molar-refractivity contribution in [3.05, 3.63) is 88.5 Å². The van der Waals surface area contributed by atoms with E-state index in [0.717, 1.165) is 16.7 Å². The van der Waals surface area contributed by atoms with E-state index in [1.54, 1.807) is 36.1 Å². The molecule has 0 spiro atoms. The van der Waals surface area contributed by atoms with E-state index >= 15 is 0 Å². The number of amides is 1. The van der Waals surface area contributed by atoms with Gasteiger partial charge in [0.25, 0.3) is 5.91 Å². The van der Waals surface area contributed by atoms with Crippen LogP contribution in [0.2, 0.25) is 0 Å². The zero-order valence-corrected chi connectivity index (χ0v) is 19.4. The molecule has 0 radical (unpaired) electrons. The van der Waals surface area contributed by atoms with Crippen molar-refractivity contribution in [2.75, 3.05) is 26.2 Å². The standard InChI is InChI=1S/C26H24N2O4S/c1-17-7-8-18(2)24(15-17)33(31,32)28-13-11-27(12-14-28)26(30)19-9-10-21-20-5-3-4-6-22(20)25(29)23(21)16-19/h3-10,15-16H,11-14H2,1-2H3. The Morgan fingerprint density at radius 2 is 1.45 bits per heavy atom. The molecule has 33 heavy (non-hydrogen) atoms. The van der Waals surface area contributed by atoms with Crippen molar-refractivity contribution >= 4 is 21.7 Å². The predicted molar refractivity (Wildman–Crippen MR) is 126 cm³/mol. The van der Waals surface area contributed by atoms with Crippen LogP contribution in [0.4, 0.5) is 0 Å². The van der Waals surface area contributed by atoms with Gasteiger partial charge in [0.1, 0.15) is 0 Å². The van der Waals surface area contributed by atoms with Gasteiger partial charge in [0, 0.05) is 42.9 Å². The van der Waals surface area contributed by atoms with E-state index in [1.165, 1.54) is 4.31 Å². The Labute approximate surface area is 193 Å². The average molecular weight is 461 g/mol. The van der Waals surface area contributed by atoms with Gasteiger partial charge >= 0.3 is 0 Å². The van der Waals surface area contributed by atoms with Crippen LogP contribution in [0.5, 0.6) is 0 Å². The van der Waals surface area contributed by atoms with Crippen molar-refractivity contribution in [2.45, 2.75) is 18.7 Å². The van der Waals surface area contributed by atoms with Crippen LogP contribution in [0.25, 0.3) is 11.1 Å². The number of fused-ring (bicyclic) bond motifs is 3. The summed E-state index contributed by atoms with van der Waals surface area (Å²) in [5.74, 6) is -0.259. The van der Waals surface area contributed by atoms with Gasteiger partial charge in [0.2, 0.25) is 10.0 Å². The molecule has 0 unspecified atom stereocenters. The first kappa shape index (κ1) is 21.6. The Morgan fingerprint density at radius 3 is 2.18 bits per heavy atom. The Bertz CT molecular complexity index is 1400. The van der Waals surface area contributed by atoms with E-state index < -0.39 is 10.0 Å². The van der Waals surface area contributed by atoms with Gasteiger partial charge in [-0.1, -0.05) is 42.5 Å². The largest absolute Gasteiger partial charge is 0.336 e. The average Bonchev–Trinajstić information content (AvgIpc) is 3.12. The summed E-state index contributed by atoms with van der Waals surface area (Å²) in [6.45, 7) is 4.73. The molecule has 0 atom stereocenters. The topological polar surface area (TPSA) is 74.8 Å². The first-order chi connectivity index (χ1) is 15.8. The van der Waals surface area contributed by atoms with Gasteiger partial charge in [0.05, 0.1) is 4.90 Å². The number of benzene rings is 3. The van der Waals surface area contributed by atoms with Crippen LogP contribution >= 0.6 is 0 Å². The molecule has 2 aliphatic rings. The van der Waals surface area contributed by atoms with Crippen molar-refractivity contribution in [3.63, 3.8) is 0 Å². The zero-order chi connectivity index (χ0) is 23.3. The number of nitrogens with zero attached hydrogens (tertiary/aromatic N) is 2. The summed E-state index contributed by atoms with van der Waals surface area (Å²) in [5, 5.41) is 0. The molecule has 1 heterocycles. The molecule has 7 heteroatoms. The third kappa shape index (κ3) is 3.57. The minimum Gasteiger partial charge on any atom is -0.336 e. The fourth-order valence-corrected chi connectivity index (χ4v) is 6.33. The van der Waals surface area contributed by atoms with Gasteiger partial charge in [-0.15, -0.1) is 0 Å². The highest BCUT2D eigenvalue weighted by Gasteiger charge is 2.32. The Hall–Kier alpha value is -3.29. The van der Waals surface area contributed by atoms with E-state index in [4.69, 9.17) is 0 Å². The minimum atomic E-state index is -3.62. The highest BCUT2D eigenvalue weighted by molar-refractivity contribution is 7.89. The van der Waals surface area contributed by atoms with Gasteiger partial charge in [-0.2, -0.15) is 4.31 Å². The summed E-state index contributed by atoms with van der Waals surface area (Å²) in [6, 6.07) is 18.1. The van der Waals surface area contributed by atoms with E-state index in [9.17, 15) is 18.0 Å². The number of ketones is 1. The van der Waals surface area contributed by atoms with Crippen LogP contribution in [-0.2, 0) is 10.0 Å². The summed E-state index contributed by atoms with van der Waals surface area (Å²) in [5.41, 5.74) is 4.98. The highest BCUT2D eigenvalue weighted by atomic mass is 32.2. The molecule has 3 aromatic carbocycles. The van der Waals surface area contributed by atoms with E-state index in [2.05, 4.69) is 0 Å². The molecular formula is C26H24N2O4S. The van der Waals surface area contributed by atoms with Crippen molar-refractivity contribution in [3.8, 4) is 11.1 Å². The predicted octanol–water partition coefficient (Wildman–Crippen LogP) is 3.66. The number of hydrogen-bond donors (Lipinski definition) is 0. The monoisotopic (exact) mass is 460 g/mol. The van der Waals surface area contributed by atoms with Crippen LogP contribution in [0.15, 0.2) is 65.6 Å². The van der Waals surface area contributed by atoms with Crippen LogP contribution in [0.1, 0.15) is 37.4 Å². The molecule has 3 aromatic rings. The Morgan fingerprint density at radius 1 is 0.788 bits per heavy atom. The fourth-order valence-electron chi connectivity index (χ4n) is 4.60. The van der Waals surface area contributed by atoms with Crippen LogP contribution in [-0.4, -0.2) is 55.5 Å². The Balaban J connectivity index is 1.33. The quantitative estimate of drug-likeness (QED) is 0.468. The molecule has 168 valence electrons. The van der Waals surface area contributed by atoms with Gasteiger partial charge in [0.15, 0.2) is 5.78 Å². The van der Waals surface area contributed by atoms with Crippen molar-refractivity contribution < 1.29 is 18.0 Å². The number of carbonyl (C=O) groups is 2. The molecule has 0 saturated carbocycles. The number of aryl methyl sites for hydroxylation is 2. The molecule has 1 fully saturated rings. The van der Waals surface area contributed by atoms with Crippen molar-refractivity contribution in [1.82, 2.24) is 9.21 Å². The highest BCUT2D eigenvalue weighted by Crippen LogP contribution is 2.37. The number of carbonyl (C=O) groups excluding carboxylic acids is 2. The first-order valence-corrected chi connectivity index (χ1v) is 12.4. The molecule has 1 aliphatic carbocycles. The smallest absolute Gasteiger partial charge is 0.253 e. The fraction of sp³-hybridized carbons (Fsp3) is 0.231.